The molecule has 0 saturated heterocycles. The van der Waals surface area contributed by atoms with E-state index in [1.165, 1.54) is 0 Å². The lowest BCUT2D eigenvalue weighted by molar-refractivity contribution is 0.587. The van der Waals surface area contributed by atoms with E-state index in [0.29, 0.717) is 5.56 Å². The third-order valence-electron chi connectivity index (χ3n) is 3.04. The minimum absolute atomic E-state index is 0.0952. The Kier molecular flexibility index (Phi) is 5.60. The van der Waals surface area contributed by atoms with E-state index in [0.717, 1.165) is 20.7 Å². The lowest BCUT2D eigenvalue weighted by Gasteiger charge is -2.17. The summed E-state index contributed by atoms with van der Waals surface area (Å²) in [7, 11) is 0. The molecule has 20 heavy (non-hydrogen) atoms. The zero-order chi connectivity index (χ0) is 14.5. The number of hydrogen-bond acceptors (Lipinski definition) is 3. The van der Waals surface area contributed by atoms with E-state index >= 15 is 0 Å². The molecule has 2 nitrogen and oxygen atoms in total. The van der Waals surface area contributed by atoms with Crippen LogP contribution in [0.3, 0.4) is 0 Å². The first-order chi connectivity index (χ1) is 9.61. The maximum Gasteiger partial charge on any atom is 0.126 e. The molecule has 2 rings (SSSR count). The average Bonchev–Trinajstić information content (AvgIpc) is 2.45. The van der Waals surface area contributed by atoms with E-state index in [4.69, 9.17) is 5.84 Å². The fourth-order valence-electron chi connectivity index (χ4n) is 1.80. The molecule has 5 heteroatoms. The Morgan fingerprint density at radius 2 is 2.05 bits per heavy atom. The number of nitrogens with one attached hydrogen (secondary N) is 1. The Morgan fingerprint density at radius 3 is 2.70 bits per heavy atom. The topological polar surface area (TPSA) is 38.0 Å². The fraction of sp³-hybridized carbons (Fsp3) is 0.200. The van der Waals surface area contributed by atoms with Crippen LogP contribution >= 0.6 is 27.7 Å². The smallest absolute Gasteiger partial charge is 0.126 e. The van der Waals surface area contributed by atoms with Crippen LogP contribution < -0.4 is 11.3 Å². The van der Waals surface area contributed by atoms with Gasteiger partial charge in [0.1, 0.15) is 5.82 Å². The van der Waals surface area contributed by atoms with Crippen molar-refractivity contribution in [2.45, 2.75) is 17.9 Å². The summed E-state index contributed by atoms with van der Waals surface area (Å²) >= 11 is 5.19. The van der Waals surface area contributed by atoms with Crippen LogP contribution in [0.15, 0.2) is 51.8 Å². The van der Waals surface area contributed by atoms with Gasteiger partial charge in [0.25, 0.3) is 0 Å². The molecule has 0 aliphatic rings. The number of rotatable bonds is 5. The molecule has 2 aromatic carbocycles. The van der Waals surface area contributed by atoms with Gasteiger partial charge in [-0.15, -0.1) is 11.8 Å². The highest BCUT2D eigenvalue weighted by Crippen LogP contribution is 2.30. The summed E-state index contributed by atoms with van der Waals surface area (Å²) in [6.07, 6.45) is 0. The zero-order valence-corrected chi connectivity index (χ0v) is 13.5. The average molecular weight is 355 g/mol. The second-order valence-corrected chi connectivity index (χ2v) is 6.39. The summed E-state index contributed by atoms with van der Waals surface area (Å²) in [6.45, 7) is 1.75. The molecule has 2 aromatic rings. The summed E-state index contributed by atoms with van der Waals surface area (Å²) in [6, 6.07) is 13.1. The van der Waals surface area contributed by atoms with E-state index in [2.05, 4.69) is 21.4 Å². The molecule has 0 aliphatic carbocycles. The van der Waals surface area contributed by atoms with Crippen molar-refractivity contribution < 1.29 is 4.39 Å². The van der Waals surface area contributed by atoms with Crippen molar-refractivity contribution in [3.63, 3.8) is 0 Å². The van der Waals surface area contributed by atoms with Crippen LogP contribution in [0, 0.1) is 12.7 Å². The molecule has 0 bridgehead atoms. The van der Waals surface area contributed by atoms with Gasteiger partial charge < -0.3 is 0 Å². The molecule has 0 spiro atoms. The van der Waals surface area contributed by atoms with Crippen molar-refractivity contribution in [3.05, 3.63) is 63.9 Å². The summed E-state index contributed by atoms with van der Waals surface area (Å²) in [5, 5.41) is 0. The number of benzene rings is 2. The van der Waals surface area contributed by atoms with Gasteiger partial charge in [-0.2, -0.15) is 0 Å². The van der Waals surface area contributed by atoms with Crippen LogP contribution in [-0.2, 0) is 0 Å². The predicted octanol–water partition coefficient (Wildman–Crippen LogP) is 4.19. The molecule has 1 unspecified atom stereocenters. The molecule has 0 amide bonds. The number of hydrogen-bond donors (Lipinski definition) is 2. The lowest BCUT2D eigenvalue weighted by Crippen LogP contribution is -2.29. The van der Waals surface area contributed by atoms with E-state index in [1.807, 2.05) is 30.3 Å². The minimum Gasteiger partial charge on any atom is -0.271 e. The van der Waals surface area contributed by atoms with E-state index in [9.17, 15) is 4.39 Å². The standard InChI is InChI=1S/C15H16BrFN2S/c1-10-6-7-11(8-13(10)17)14(19-18)9-20-15-5-3-2-4-12(15)16/h2-8,14,19H,9,18H2,1H3. The molecule has 3 N–H and O–H groups in total. The van der Waals surface area contributed by atoms with Gasteiger partial charge in [0, 0.05) is 15.1 Å². The van der Waals surface area contributed by atoms with Crippen molar-refractivity contribution in [1.29, 1.82) is 0 Å². The zero-order valence-electron chi connectivity index (χ0n) is 11.1. The number of aryl methyl sites for hydroxylation is 1. The van der Waals surface area contributed by atoms with Gasteiger partial charge in [0.05, 0.1) is 6.04 Å². The SMILES string of the molecule is Cc1ccc(C(CSc2ccccc2Br)NN)cc1F. The normalized spacial score (nSPS) is 12.4. The summed E-state index contributed by atoms with van der Waals surface area (Å²) < 4.78 is 14.7. The van der Waals surface area contributed by atoms with Crippen LogP contribution in [0.25, 0.3) is 0 Å². The van der Waals surface area contributed by atoms with E-state index in [1.54, 1.807) is 30.8 Å². The van der Waals surface area contributed by atoms with E-state index in [-0.39, 0.29) is 11.9 Å². The maximum atomic E-state index is 13.6. The van der Waals surface area contributed by atoms with Crippen molar-refractivity contribution in [2.75, 3.05) is 5.75 Å². The Hall–Kier alpha value is -0.880. The highest BCUT2D eigenvalue weighted by atomic mass is 79.9. The first-order valence-corrected chi connectivity index (χ1v) is 7.99. The van der Waals surface area contributed by atoms with Gasteiger partial charge in [-0.05, 0) is 52.2 Å². The third kappa shape index (κ3) is 3.82. The summed E-state index contributed by atoms with van der Waals surface area (Å²) in [5.41, 5.74) is 4.25. The Labute approximate surface area is 131 Å². The largest absolute Gasteiger partial charge is 0.271 e. The molecule has 0 fully saturated rings. The number of halogens is 2. The molecule has 0 heterocycles. The quantitative estimate of drug-likeness (QED) is 0.480. The van der Waals surface area contributed by atoms with Crippen LogP contribution in [-0.4, -0.2) is 5.75 Å². The van der Waals surface area contributed by atoms with Gasteiger partial charge in [-0.25, -0.2) is 4.39 Å². The predicted molar refractivity (Wildman–Crippen MR) is 86.1 cm³/mol. The molecule has 106 valence electrons. The third-order valence-corrected chi connectivity index (χ3v) is 5.16. The van der Waals surface area contributed by atoms with Crippen molar-refractivity contribution in [3.8, 4) is 0 Å². The summed E-state index contributed by atoms with van der Waals surface area (Å²) in [5.74, 6) is 6.12. The molecule has 1 atom stereocenters. The Balaban J connectivity index is 2.09. The molecule has 0 aromatic heterocycles. The van der Waals surface area contributed by atoms with Gasteiger partial charge in [0.2, 0.25) is 0 Å². The van der Waals surface area contributed by atoms with Crippen LogP contribution in [0.1, 0.15) is 17.2 Å². The molecule has 0 saturated carbocycles. The van der Waals surface area contributed by atoms with Crippen LogP contribution in [0.2, 0.25) is 0 Å². The number of nitrogens with two attached hydrogens (primary N) is 1. The Morgan fingerprint density at radius 1 is 1.30 bits per heavy atom. The maximum absolute atomic E-state index is 13.6. The Bertz CT molecular complexity index is 592. The first-order valence-electron chi connectivity index (χ1n) is 6.21. The monoisotopic (exact) mass is 354 g/mol. The van der Waals surface area contributed by atoms with Crippen LogP contribution in [0.5, 0.6) is 0 Å². The molecular formula is C15H16BrFN2S. The van der Waals surface area contributed by atoms with Crippen molar-refractivity contribution in [1.82, 2.24) is 5.43 Å². The molecular weight excluding hydrogens is 339 g/mol. The second kappa shape index (κ2) is 7.22. The van der Waals surface area contributed by atoms with Crippen molar-refractivity contribution in [2.24, 2.45) is 5.84 Å². The second-order valence-electron chi connectivity index (χ2n) is 4.47. The fourth-order valence-corrected chi connectivity index (χ4v) is 3.45. The van der Waals surface area contributed by atoms with Crippen LogP contribution in [0.4, 0.5) is 4.39 Å². The summed E-state index contributed by atoms with van der Waals surface area (Å²) in [4.78, 5) is 1.14. The van der Waals surface area contributed by atoms with Gasteiger partial charge in [0.15, 0.2) is 0 Å². The highest BCUT2D eigenvalue weighted by Gasteiger charge is 2.12. The number of thioether (sulfide) groups is 1. The van der Waals surface area contributed by atoms with Gasteiger partial charge >= 0.3 is 0 Å². The minimum atomic E-state index is -0.200. The van der Waals surface area contributed by atoms with Gasteiger partial charge in [-0.1, -0.05) is 24.3 Å². The molecule has 0 radical (unpaired) electrons. The van der Waals surface area contributed by atoms with E-state index < -0.39 is 0 Å². The van der Waals surface area contributed by atoms with Gasteiger partial charge in [-0.3, -0.25) is 11.3 Å². The lowest BCUT2D eigenvalue weighted by atomic mass is 10.1. The molecule has 0 aliphatic heterocycles. The highest BCUT2D eigenvalue weighted by molar-refractivity contribution is 9.10. The number of hydrazine groups is 1. The first kappa shape index (κ1) is 15.5. The van der Waals surface area contributed by atoms with Crippen molar-refractivity contribution >= 4 is 27.7 Å².